The van der Waals surface area contributed by atoms with Gasteiger partial charge in [0.05, 0.1) is 25.2 Å². The Morgan fingerprint density at radius 3 is 2.24 bits per heavy atom. The summed E-state index contributed by atoms with van der Waals surface area (Å²) in [6.07, 6.45) is 15.2. The Labute approximate surface area is 151 Å². The average molecular weight is 357 g/mol. The van der Waals surface area contributed by atoms with Crippen molar-refractivity contribution in [3.05, 3.63) is 0 Å². The number of hydroxylamine groups is 2. The van der Waals surface area contributed by atoms with Crippen molar-refractivity contribution < 1.29 is 24.6 Å². The normalized spacial score (nSPS) is 20.1. The van der Waals surface area contributed by atoms with Crippen molar-refractivity contribution in [3.8, 4) is 0 Å². The van der Waals surface area contributed by atoms with Gasteiger partial charge < -0.3 is 4.84 Å². The van der Waals surface area contributed by atoms with Crippen LogP contribution in [0.3, 0.4) is 0 Å². The minimum atomic E-state index is -0.282. The van der Waals surface area contributed by atoms with E-state index in [1.807, 2.05) is 0 Å². The number of carbonyl (C=O) groups excluding carboxylic acids is 1. The number of nitrogens with zero attached hydrogens (tertiary/aromatic N) is 1. The van der Waals surface area contributed by atoms with Crippen LogP contribution in [-0.4, -0.2) is 35.7 Å². The fourth-order valence-electron chi connectivity index (χ4n) is 3.63. The largest absolute Gasteiger partial charge is 0.342 e. The molecule has 1 N–H and O–H groups in total. The zero-order chi connectivity index (χ0) is 17.7. The Morgan fingerprint density at radius 2 is 1.52 bits per heavy atom. The number of hydrogen-bond donors (Lipinski definition) is 1. The van der Waals surface area contributed by atoms with Crippen molar-refractivity contribution in [1.29, 1.82) is 0 Å². The smallest absolute Gasteiger partial charge is 0.331 e. The van der Waals surface area contributed by atoms with E-state index in [1.54, 1.807) is 0 Å². The molecular weight excluding hydrogens is 322 g/mol. The van der Waals surface area contributed by atoms with E-state index in [4.69, 9.17) is 14.6 Å². The summed E-state index contributed by atoms with van der Waals surface area (Å²) in [5.41, 5.74) is 0. The molecule has 2 saturated carbocycles. The molecule has 6 heteroatoms. The monoisotopic (exact) mass is 357 g/mol. The lowest BCUT2D eigenvalue weighted by molar-refractivity contribution is -0.328. The van der Waals surface area contributed by atoms with Gasteiger partial charge in [0.1, 0.15) is 0 Å². The fourth-order valence-corrected chi connectivity index (χ4v) is 3.63. The number of unbranched alkanes of at least 4 members (excludes halogenated alkanes) is 3. The maximum Gasteiger partial charge on any atom is 0.331 e. The number of hydrogen-bond acceptors (Lipinski definition) is 6. The highest BCUT2D eigenvalue weighted by Gasteiger charge is 2.24. The first kappa shape index (κ1) is 20.6. The Morgan fingerprint density at radius 1 is 0.880 bits per heavy atom. The van der Waals surface area contributed by atoms with Crippen LogP contribution < -0.4 is 0 Å². The molecule has 0 radical (unpaired) electrons. The second-order valence-electron chi connectivity index (χ2n) is 7.41. The molecule has 2 aliphatic carbocycles. The lowest BCUT2D eigenvalue weighted by Crippen LogP contribution is -2.30. The predicted molar refractivity (Wildman–Crippen MR) is 93.5 cm³/mol. The van der Waals surface area contributed by atoms with Crippen molar-refractivity contribution in [1.82, 2.24) is 5.23 Å². The van der Waals surface area contributed by atoms with Crippen molar-refractivity contribution in [2.45, 2.75) is 96.0 Å². The summed E-state index contributed by atoms with van der Waals surface area (Å²) < 4.78 is 0. The van der Waals surface area contributed by atoms with Crippen molar-refractivity contribution in [2.75, 3.05) is 13.2 Å². The first-order chi connectivity index (χ1) is 12.3. The van der Waals surface area contributed by atoms with E-state index >= 15 is 0 Å². The number of carbonyl (C=O) groups is 1. The van der Waals surface area contributed by atoms with Gasteiger partial charge in [0.15, 0.2) is 0 Å². The second-order valence-corrected chi connectivity index (χ2v) is 7.41. The minimum Gasteiger partial charge on any atom is -0.342 e. The van der Waals surface area contributed by atoms with Crippen molar-refractivity contribution in [2.24, 2.45) is 5.92 Å². The van der Waals surface area contributed by atoms with Gasteiger partial charge in [-0.1, -0.05) is 51.4 Å². The predicted octanol–water partition coefficient (Wildman–Crippen LogP) is 4.56. The highest BCUT2D eigenvalue weighted by atomic mass is 17.2. The third-order valence-corrected chi connectivity index (χ3v) is 5.22. The van der Waals surface area contributed by atoms with Crippen molar-refractivity contribution in [3.63, 3.8) is 0 Å². The first-order valence-electron chi connectivity index (χ1n) is 10.2. The van der Waals surface area contributed by atoms with E-state index < -0.39 is 0 Å². The van der Waals surface area contributed by atoms with E-state index in [1.165, 1.54) is 25.7 Å². The zero-order valence-corrected chi connectivity index (χ0v) is 15.5. The van der Waals surface area contributed by atoms with Crippen LogP contribution in [0.15, 0.2) is 0 Å². The van der Waals surface area contributed by atoms with Gasteiger partial charge in [-0.25, -0.2) is 14.6 Å². The van der Waals surface area contributed by atoms with E-state index in [2.05, 4.69) is 0 Å². The molecule has 0 aromatic carbocycles. The maximum absolute atomic E-state index is 11.9. The molecule has 2 rings (SSSR count). The van der Waals surface area contributed by atoms with Gasteiger partial charge in [0.2, 0.25) is 0 Å². The van der Waals surface area contributed by atoms with Gasteiger partial charge in [-0.15, -0.1) is 0 Å². The SMILES string of the molecule is O=C(ON(O)CCCCCCOOC1CCCCC1)C1CCCCC1. The van der Waals surface area contributed by atoms with Crippen LogP contribution in [0.25, 0.3) is 0 Å². The molecule has 0 spiro atoms. The van der Waals surface area contributed by atoms with E-state index in [-0.39, 0.29) is 18.0 Å². The van der Waals surface area contributed by atoms with Crippen LogP contribution in [0, 0.1) is 5.92 Å². The molecule has 0 atom stereocenters. The molecule has 0 unspecified atom stereocenters. The summed E-state index contributed by atoms with van der Waals surface area (Å²) in [5.74, 6) is -0.319. The highest BCUT2D eigenvalue weighted by Crippen LogP contribution is 2.25. The summed E-state index contributed by atoms with van der Waals surface area (Å²) in [4.78, 5) is 27.6. The highest BCUT2D eigenvalue weighted by molar-refractivity contribution is 5.72. The average Bonchev–Trinajstić information content (AvgIpc) is 2.65. The molecule has 0 saturated heterocycles. The quantitative estimate of drug-likeness (QED) is 0.332. The van der Waals surface area contributed by atoms with E-state index in [0.29, 0.717) is 18.4 Å². The van der Waals surface area contributed by atoms with Gasteiger partial charge in [-0.3, -0.25) is 5.21 Å². The van der Waals surface area contributed by atoms with Crippen LogP contribution in [0.1, 0.15) is 89.9 Å². The maximum atomic E-state index is 11.9. The lowest BCUT2D eigenvalue weighted by atomic mass is 9.89. The van der Waals surface area contributed by atoms with Crippen LogP contribution in [0.4, 0.5) is 0 Å². The molecule has 2 fully saturated rings. The number of rotatable bonds is 11. The third kappa shape index (κ3) is 8.99. The summed E-state index contributed by atoms with van der Waals surface area (Å²) in [5, 5.41) is 10.4. The molecule has 2 aliphatic rings. The molecule has 0 aromatic rings. The van der Waals surface area contributed by atoms with Gasteiger partial charge >= 0.3 is 5.97 Å². The Bertz CT molecular complexity index is 354. The molecule has 0 aliphatic heterocycles. The van der Waals surface area contributed by atoms with Gasteiger partial charge in [-0.2, -0.15) is 0 Å². The Balaban J connectivity index is 1.38. The van der Waals surface area contributed by atoms with Gasteiger partial charge in [0, 0.05) is 0 Å². The van der Waals surface area contributed by atoms with E-state index in [9.17, 15) is 10.0 Å². The summed E-state index contributed by atoms with van der Waals surface area (Å²) in [7, 11) is 0. The minimum absolute atomic E-state index is 0.0373. The van der Waals surface area contributed by atoms with E-state index in [0.717, 1.165) is 64.2 Å². The molecule has 0 heterocycles. The molecule has 146 valence electrons. The Hall–Kier alpha value is -0.690. The topological polar surface area (TPSA) is 68.2 Å². The molecule has 6 nitrogen and oxygen atoms in total. The van der Waals surface area contributed by atoms with Crippen molar-refractivity contribution >= 4 is 5.97 Å². The first-order valence-corrected chi connectivity index (χ1v) is 10.2. The Kier molecular flexibility index (Phi) is 10.4. The molecule has 25 heavy (non-hydrogen) atoms. The van der Waals surface area contributed by atoms with Gasteiger partial charge in [-0.05, 0) is 43.8 Å². The van der Waals surface area contributed by atoms with Crippen LogP contribution in [0.5, 0.6) is 0 Å². The summed E-state index contributed by atoms with van der Waals surface area (Å²) >= 11 is 0. The summed E-state index contributed by atoms with van der Waals surface area (Å²) in [6, 6.07) is 0. The van der Waals surface area contributed by atoms with Crippen LogP contribution in [-0.2, 0) is 19.4 Å². The fraction of sp³-hybridized carbons (Fsp3) is 0.947. The van der Waals surface area contributed by atoms with Gasteiger partial charge in [0.25, 0.3) is 0 Å². The molecule has 0 amide bonds. The zero-order valence-electron chi connectivity index (χ0n) is 15.5. The molecule has 0 bridgehead atoms. The molecule has 0 aromatic heterocycles. The second kappa shape index (κ2) is 12.6. The van der Waals surface area contributed by atoms with Crippen LogP contribution >= 0.6 is 0 Å². The lowest BCUT2D eigenvalue weighted by Gasteiger charge is -2.22. The standard InChI is InChI=1S/C19H35NO5/c21-19(17-11-5-3-6-12-17)24-20(22)15-9-1-2-10-16-23-25-18-13-7-4-8-14-18/h17-18,22H,1-16H2. The summed E-state index contributed by atoms with van der Waals surface area (Å²) in [6.45, 7) is 0.980. The third-order valence-electron chi connectivity index (χ3n) is 5.22. The molecular formula is C19H35NO5. The van der Waals surface area contributed by atoms with Crippen LogP contribution in [0.2, 0.25) is 0 Å².